The molecule has 25 heavy (non-hydrogen) atoms. The lowest BCUT2D eigenvalue weighted by atomic mass is 10.1. The summed E-state index contributed by atoms with van der Waals surface area (Å²) in [6.45, 7) is 1.61. The maximum Gasteiger partial charge on any atom is 0.119 e. The van der Waals surface area contributed by atoms with Gasteiger partial charge in [0, 0.05) is 25.8 Å². The molecule has 0 aliphatic rings. The molecule has 0 fully saturated rings. The predicted molar refractivity (Wildman–Crippen MR) is 105 cm³/mol. The second-order valence-electron chi connectivity index (χ2n) is 6.00. The number of aliphatic hydroxyl groups is 1. The maximum atomic E-state index is 10.1. The molecule has 2 aromatic rings. The molecule has 0 radical (unpaired) electrons. The van der Waals surface area contributed by atoms with Crippen molar-refractivity contribution in [2.45, 2.75) is 12.5 Å². The van der Waals surface area contributed by atoms with Crippen molar-refractivity contribution in [3.8, 4) is 5.75 Å². The van der Waals surface area contributed by atoms with E-state index in [4.69, 9.17) is 27.9 Å². The van der Waals surface area contributed by atoms with E-state index >= 15 is 0 Å². The van der Waals surface area contributed by atoms with Gasteiger partial charge in [0.1, 0.15) is 18.5 Å². The molecule has 4 nitrogen and oxygen atoms in total. The molecule has 0 bridgehead atoms. The van der Waals surface area contributed by atoms with Gasteiger partial charge in [0.05, 0.1) is 10.0 Å². The molecule has 2 N–H and O–H groups in total. The number of nitrogens with zero attached hydrogens (tertiary/aromatic N) is 1. The van der Waals surface area contributed by atoms with E-state index in [-0.39, 0.29) is 6.61 Å². The summed E-state index contributed by atoms with van der Waals surface area (Å²) in [6.07, 6.45) is 0.287. The molecule has 2 aromatic carbocycles. The number of likely N-dealkylation sites (N-methyl/N-ethyl adjacent to an activating group) is 1. The van der Waals surface area contributed by atoms with Gasteiger partial charge in [0.25, 0.3) is 0 Å². The van der Waals surface area contributed by atoms with Gasteiger partial charge in [-0.25, -0.2) is 0 Å². The van der Waals surface area contributed by atoms with E-state index in [1.54, 1.807) is 6.07 Å². The number of rotatable bonds is 9. The van der Waals surface area contributed by atoms with Crippen molar-refractivity contribution in [3.05, 3.63) is 58.1 Å². The van der Waals surface area contributed by atoms with Crippen LogP contribution in [0.5, 0.6) is 5.75 Å². The number of nitrogens with one attached hydrogen (secondary N) is 1. The molecule has 0 aromatic heterocycles. The summed E-state index contributed by atoms with van der Waals surface area (Å²) in [5.74, 6) is 0.747. The second kappa shape index (κ2) is 9.88. The first-order valence-electron chi connectivity index (χ1n) is 8.19. The Bertz CT molecular complexity index is 665. The molecule has 0 saturated heterocycles. The standard InChI is InChI=1S/C19H24Cl2N2O2/c1-22-15-4-6-17(7-5-15)25-13-16(24)12-23(2)10-9-14-3-8-18(20)19(21)11-14/h3-8,11,16,22,24H,9-10,12-13H2,1-2H3. The smallest absolute Gasteiger partial charge is 0.119 e. The highest BCUT2D eigenvalue weighted by Gasteiger charge is 2.10. The van der Waals surface area contributed by atoms with Crippen LogP contribution < -0.4 is 10.1 Å². The summed E-state index contributed by atoms with van der Waals surface area (Å²) >= 11 is 11.9. The van der Waals surface area contributed by atoms with Gasteiger partial charge in [-0.15, -0.1) is 0 Å². The molecule has 6 heteroatoms. The molecule has 0 aliphatic heterocycles. The fourth-order valence-electron chi connectivity index (χ4n) is 2.43. The molecule has 0 spiro atoms. The van der Waals surface area contributed by atoms with E-state index in [1.807, 2.05) is 50.5 Å². The van der Waals surface area contributed by atoms with Crippen LogP contribution >= 0.6 is 23.2 Å². The normalized spacial score (nSPS) is 12.2. The van der Waals surface area contributed by atoms with Crippen LogP contribution in [0.3, 0.4) is 0 Å². The Hall–Kier alpha value is -1.46. The molecular formula is C19H24Cl2N2O2. The lowest BCUT2D eigenvalue weighted by Crippen LogP contribution is -2.34. The number of aliphatic hydroxyl groups excluding tert-OH is 1. The summed E-state index contributed by atoms with van der Waals surface area (Å²) < 4.78 is 5.62. The lowest BCUT2D eigenvalue weighted by Gasteiger charge is -2.21. The van der Waals surface area contributed by atoms with Crippen molar-refractivity contribution >= 4 is 28.9 Å². The fourth-order valence-corrected chi connectivity index (χ4v) is 2.75. The topological polar surface area (TPSA) is 44.7 Å². The van der Waals surface area contributed by atoms with Crippen LogP contribution in [0.15, 0.2) is 42.5 Å². The summed E-state index contributed by atoms with van der Waals surface area (Å²) in [4.78, 5) is 2.07. The average Bonchev–Trinajstić information content (AvgIpc) is 2.61. The minimum absolute atomic E-state index is 0.260. The summed E-state index contributed by atoms with van der Waals surface area (Å²) in [5, 5.41) is 14.3. The third kappa shape index (κ3) is 6.75. The van der Waals surface area contributed by atoms with E-state index in [0.717, 1.165) is 30.0 Å². The molecule has 2 rings (SSSR count). The minimum atomic E-state index is -0.553. The van der Waals surface area contributed by atoms with Crippen LogP contribution in [0, 0.1) is 0 Å². The number of benzene rings is 2. The van der Waals surface area contributed by atoms with E-state index in [0.29, 0.717) is 16.6 Å². The molecule has 0 aliphatic carbocycles. The highest BCUT2D eigenvalue weighted by atomic mass is 35.5. The van der Waals surface area contributed by atoms with Gasteiger partial charge in [0.15, 0.2) is 0 Å². The maximum absolute atomic E-state index is 10.1. The number of hydrogen-bond donors (Lipinski definition) is 2. The lowest BCUT2D eigenvalue weighted by molar-refractivity contribution is 0.0767. The quantitative estimate of drug-likeness (QED) is 0.688. The zero-order chi connectivity index (χ0) is 18.2. The largest absolute Gasteiger partial charge is 0.491 e. The van der Waals surface area contributed by atoms with E-state index < -0.39 is 6.10 Å². The van der Waals surface area contributed by atoms with Gasteiger partial charge in [-0.05, 0) is 55.4 Å². The number of ether oxygens (including phenoxy) is 1. The zero-order valence-electron chi connectivity index (χ0n) is 14.5. The summed E-state index contributed by atoms with van der Waals surface area (Å²) in [5.41, 5.74) is 2.14. The highest BCUT2D eigenvalue weighted by molar-refractivity contribution is 6.42. The Morgan fingerprint density at radius 2 is 1.84 bits per heavy atom. The Labute approximate surface area is 159 Å². The van der Waals surface area contributed by atoms with Crippen molar-refractivity contribution in [2.75, 3.05) is 39.1 Å². The first-order valence-corrected chi connectivity index (χ1v) is 8.94. The number of halogens is 2. The van der Waals surface area contributed by atoms with Crippen molar-refractivity contribution in [1.29, 1.82) is 0 Å². The summed E-state index contributed by atoms with van der Waals surface area (Å²) in [6, 6.07) is 13.3. The van der Waals surface area contributed by atoms with Crippen LogP contribution in [0.2, 0.25) is 10.0 Å². The third-order valence-corrected chi connectivity index (χ3v) is 4.61. The number of hydrogen-bond acceptors (Lipinski definition) is 4. The first kappa shape index (κ1) is 19.9. The Morgan fingerprint density at radius 3 is 2.48 bits per heavy atom. The van der Waals surface area contributed by atoms with Gasteiger partial charge in [-0.3, -0.25) is 0 Å². The molecule has 1 unspecified atom stereocenters. The number of anilines is 1. The van der Waals surface area contributed by atoms with E-state index in [9.17, 15) is 5.11 Å². The average molecular weight is 383 g/mol. The summed E-state index contributed by atoms with van der Waals surface area (Å²) in [7, 11) is 3.84. The van der Waals surface area contributed by atoms with Crippen LogP contribution in [0.4, 0.5) is 5.69 Å². The molecule has 1 atom stereocenters. The van der Waals surface area contributed by atoms with Gasteiger partial charge in [-0.1, -0.05) is 29.3 Å². The van der Waals surface area contributed by atoms with Crippen LogP contribution in [-0.4, -0.2) is 49.9 Å². The predicted octanol–water partition coefficient (Wildman–Crippen LogP) is 3.95. The van der Waals surface area contributed by atoms with E-state index in [2.05, 4.69) is 10.2 Å². The van der Waals surface area contributed by atoms with Crippen molar-refractivity contribution < 1.29 is 9.84 Å². The molecular weight excluding hydrogens is 359 g/mol. The molecule has 0 saturated carbocycles. The third-order valence-electron chi connectivity index (χ3n) is 3.87. The Kier molecular flexibility index (Phi) is 7.85. The molecule has 0 amide bonds. The molecule has 136 valence electrons. The van der Waals surface area contributed by atoms with Crippen molar-refractivity contribution in [2.24, 2.45) is 0 Å². The first-order chi connectivity index (χ1) is 12.0. The van der Waals surface area contributed by atoms with Crippen LogP contribution in [0.25, 0.3) is 0 Å². The fraction of sp³-hybridized carbons (Fsp3) is 0.368. The Balaban J connectivity index is 1.71. The molecule has 0 heterocycles. The van der Waals surface area contributed by atoms with Crippen molar-refractivity contribution in [3.63, 3.8) is 0 Å². The second-order valence-corrected chi connectivity index (χ2v) is 6.81. The highest BCUT2D eigenvalue weighted by Crippen LogP contribution is 2.22. The van der Waals surface area contributed by atoms with Gasteiger partial charge < -0.3 is 20.1 Å². The van der Waals surface area contributed by atoms with Crippen LogP contribution in [-0.2, 0) is 6.42 Å². The van der Waals surface area contributed by atoms with E-state index in [1.165, 1.54) is 0 Å². The minimum Gasteiger partial charge on any atom is -0.491 e. The SMILES string of the molecule is CNc1ccc(OCC(O)CN(C)CCc2ccc(Cl)c(Cl)c2)cc1. The van der Waals surface area contributed by atoms with Crippen LogP contribution in [0.1, 0.15) is 5.56 Å². The van der Waals surface area contributed by atoms with Gasteiger partial charge in [-0.2, -0.15) is 0 Å². The van der Waals surface area contributed by atoms with Gasteiger partial charge in [0.2, 0.25) is 0 Å². The Morgan fingerprint density at radius 1 is 1.12 bits per heavy atom. The zero-order valence-corrected chi connectivity index (χ0v) is 16.0. The van der Waals surface area contributed by atoms with Gasteiger partial charge >= 0.3 is 0 Å². The monoisotopic (exact) mass is 382 g/mol. The van der Waals surface area contributed by atoms with Crippen molar-refractivity contribution in [1.82, 2.24) is 4.90 Å².